The number of carbonyl (C=O) groups is 4. The number of hydrogen-bond donors (Lipinski definition) is 4. The highest BCUT2D eigenvalue weighted by molar-refractivity contribution is 5.75. The molecule has 28 heavy (non-hydrogen) atoms. The van der Waals surface area contributed by atoms with Crippen molar-refractivity contribution < 1.29 is 19.2 Å². The summed E-state index contributed by atoms with van der Waals surface area (Å²) in [5.41, 5.74) is 20.7. The van der Waals surface area contributed by atoms with Gasteiger partial charge in [-0.1, -0.05) is 12.8 Å². The van der Waals surface area contributed by atoms with Crippen molar-refractivity contribution in [3.63, 3.8) is 0 Å². The first-order valence-electron chi connectivity index (χ1n) is 9.78. The molecule has 0 heterocycles. The molecule has 4 amide bonds. The zero-order valence-electron chi connectivity index (χ0n) is 16.7. The Morgan fingerprint density at radius 1 is 0.429 bits per heavy atom. The lowest BCUT2D eigenvalue weighted by molar-refractivity contribution is -0.120. The molecule has 0 radical (unpaired) electrons. The zero-order chi connectivity index (χ0) is 21.4. The Hall–Kier alpha value is -2.20. The van der Waals surface area contributed by atoms with Gasteiger partial charge in [-0.3, -0.25) is 19.2 Å². The first kappa shape index (κ1) is 25.8. The van der Waals surface area contributed by atoms with E-state index in [9.17, 15) is 19.2 Å². The molecule has 0 aliphatic carbocycles. The second kappa shape index (κ2) is 15.8. The summed E-state index contributed by atoms with van der Waals surface area (Å²) in [6, 6.07) is 0. The smallest absolute Gasteiger partial charge is 0.218 e. The lowest BCUT2D eigenvalue weighted by Crippen LogP contribution is -2.32. The normalized spacial score (nSPS) is 11.1. The van der Waals surface area contributed by atoms with E-state index in [0.29, 0.717) is 26.2 Å². The molecule has 0 aliphatic heterocycles. The second-order valence-corrected chi connectivity index (χ2v) is 6.96. The Morgan fingerprint density at radius 3 is 0.893 bits per heavy atom. The molecule has 0 spiro atoms. The Kier molecular flexibility index (Phi) is 14.6. The number of nitrogens with two attached hydrogens (primary N) is 4. The van der Waals surface area contributed by atoms with E-state index in [1.165, 1.54) is 0 Å². The summed E-state index contributed by atoms with van der Waals surface area (Å²) in [5, 5.41) is 0. The van der Waals surface area contributed by atoms with Gasteiger partial charge in [-0.15, -0.1) is 0 Å². The van der Waals surface area contributed by atoms with Gasteiger partial charge in [0, 0.05) is 51.9 Å². The number of unbranched alkanes of at least 4 members (excludes halogenated alkanes) is 3. The van der Waals surface area contributed by atoms with E-state index in [1.54, 1.807) is 0 Å². The van der Waals surface area contributed by atoms with Gasteiger partial charge in [-0.2, -0.15) is 0 Å². The van der Waals surface area contributed by atoms with Gasteiger partial charge in [0.25, 0.3) is 0 Å². The van der Waals surface area contributed by atoms with E-state index in [-0.39, 0.29) is 49.3 Å². The maximum atomic E-state index is 11.0. The molecular formula is C18H36N6O4. The Labute approximate surface area is 166 Å². The molecule has 0 saturated carbocycles. The fraction of sp³-hybridized carbons (Fsp3) is 0.778. The van der Waals surface area contributed by atoms with Gasteiger partial charge < -0.3 is 32.7 Å². The standard InChI is InChI=1S/C18H36N6O4/c19-15(25)5-11-23(12-6-16(20)26)9-3-1-2-4-10-24(13-7-17(21)27)14-8-18(22)28/h1-14H2,(H2,19,25)(H2,20,26)(H2,21,27)(H2,22,28). The second-order valence-electron chi connectivity index (χ2n) is 6.96. The third-order valence-electron chi connectivity index (χ3n) is 4.40. The average Bonchev–Trinajstić information content (AvgIpc) is 2.60. The average molecular weight is 401 g/mol. The van der Waals surface area contributed by atoms with Crippen LogP contribution in [-0.4, -0.2) is 72.7 Å². The molecule has 10 heteroatoms. The van der Waals surface area contributed by atoms with Crippen LogP contribution in [0.5, 0.6) is 0 Å². The van der Waals surface area contributed by atoms with E-state index in [1.807, 2.05) is 9.80 Å². The SMILES string of the molecule is NC(=O)CCN(CCCCCCN(CCC(N)=O)CCC(N)=O)CCC(N)=O. The Bertz CT molecular complexity index is 420. The van der Waals surface area contributed by atoms with Crippen molar-refractivity contribution in [2.45, 2.75) is 51.4 Å². The molecule has 0 bridgehead atoms. The summed E-state index contributed by atoms with van der Waals surface area (Å²) in [7, 11) is 0. The van der Waals surface area contributed by atoms with Crippen LogP contribution in [0.15, 0.2) is 0 Å². The summed E-state index contributed by atoms with van der Waals surface area (Å²) in [5.74, 6) is -1.46. The number of nitrogens with zero attached hydrogens (tertiary/aromatic N) is 2. The van der Waals surface area contributed by atoms with Crippen LogP contribution in [-0.2, 0) is 19.2 Å². The van der Waals surface area contributed by atoms with E-state index < -0.39 is 0 Å². The zero-order valence-corrected chi connectivity index (χ0v) is 16.7. The van der Waals surface area contributed by atoms with E-state index in [0.717, 1.165) is 38.8 Å². The lowest BCUT2D eigenvalue weighted by atomic mass is 10.1. The van der Waals surface area contributed by atoms with Crippen molar-refractivity contribution in [3.8, 4) is 0 Å². The van der Waals surface area contributed by atoms with Crippen molar-refractivity contribution >= 4 is 23.6 Å². The van der Waals surface area contributed by atoms with Crippen LogP contribution < -0.4 is 22.9 Å². The van der Waals surface area contributed by atoms with E-state index in [2.05, 4.69) is 0 Å². The molecular weight excluding hydrogens is 364 g/mol. The van der Waals surface area contributed by atoms with Gasteiger partial charge in [0.1, 0.15) is 0 Å². The maximum Gasteiger partial charge on any atom is 0.218 e. The minimum Gasteiger partial charge on any atom is -0.370 e. The van der Waals surface area contributed by atoms with Crippen LogP contribution >= 0.6 is 0 Å². The van der Waals surface area contributed by atoms with Crippen LogP contribution in [0.25, 0.3) is 0 Å². The summed E-state index contributed by atoms with van der Waals surface area (Å²) in [6.07, 6.45) is 4.87. The third-order valence-corrected chi connectivity index (χ3v) is 4.40. The predicted molar refractivity (Wildman–Crippen MR) is 107 cm³/mol. The van der Waals surface area contributed by atoms with Crippen molar-refractivity contribution in [2.75, 3.05) is 39.3 Å². The lowest BCUT2D eigenvalue weighted by Gasteiger charge is -2.22. The van der Waals surface area contributed by atoms with Gasteiger partial charge >= 0.3 is 0 Å². The fourth-order valence-electron chi connectivity index (χ4n) is 2.77. The predicted octanol–water partition coefficient (Wildman–Crippen LogP) is -1.35. The van der Waals surface area contributed by atoms with Gasteiger partial charge in [-0.05, 0) is 25.9 Å². The van der Waals surface area contributed by atoms with Crippen LogP contribution in [0, 0.1) is 0 Å². The van der Waals surface area contributed by atoms with E-state index >= 15 is 0 Å². The highest BCUT2D eigenvalue weighted by Crippen LogP contribution is 2.06. The van der Waals surface area contributed by atoms with Crippen LogP contribution in [0.4, 0.5) is 0 Å². The van der Waals surface area contributed by atoms with Gasteiger partial charge in [0.15, 0.2) is 0 Å². The van der Waals surface area contributed by atoms with Gasteiger partial charge in [0.05, 0.1) is 0 Å². The molecule has 0 aliphatic rings. The largest absolute Gasteiger partial charge is 0.370 e. The molecule has 8 N–H and O–H groups in total. The summed E-state index contributed by atoms with van der Waals surface area (Å²) < 4.78 is 0. The molecule has 0 saturated heterocycles. The Morgan fingerprint density at radius 2 is 0.679 bits per heavy atom. The number of rotatable bonds is 19. The van der Waals surface area contributed by atoms with Gasteiger partial charge in [-0.25, -0.2) is 0 Å². The summed E-state index contributed by atoms with van der Waals surface area (Å²) in [6.45, 7) is 3.64. The topological polar surface area (TPSA) is 179 Å². The van der Waals surface area contributed by atoms with Crippen LogP contribution in [0.3, 0.4) is 0 Å². The Balaban J connectivity index is 4.10. The minimum absolute atomic E-state index is 0.257. The highest BCUT2D eigenvalue weighted by atomic mass is 16.2. The number of carbonyl (C=O) groups excluding carboxylic acids is 4. The molecule has 0 fully saturated rings. The van der Waals surface area contributed by atoms with Crippen molar-refractivity contribution in [3.05, 3.63) is 0 Å². The number of amides is 4. The molecule has 0 aromatic rings. The molecule has 0 unspecified atom stereocenters. The molecule has 162 valence electrons. The fourth-order valence-corrected chi connectivity index (χ4v) is 2.77. The van der Waals surface area contributed by atoms with E-state index in [4.69, 9.17) is 22.9 Å². The molecule has 0 aromatic carbocycles. The molecule has 10 nitrogen and oxygen atoms in total. The third kappa shape index (κ3) is 17.2. The first-order valence-corrected chi connectivity index (χ1v) is 9.78. The maximum absolute atomic E-state index is 11.0. The molecule has 0 rings (SSSR count). The number of hydrogen-bond acceptors (Lipinski definition) is 6. The van der Waals surface area contributed by atoms with Crippen LogP contribution in [0.1, 0.15) is 51.4 Å². The first-order chi connectivity index (χ1) is 13.2. The van der Waals surface area contributed by atoms with Crippen molar-refractivity contribution in [1.29, 1.82) is 0 Å². The molecule has 0 aromatic heterocycles. The van der Waals surface area contributed by atoms with Crippen LogP contribution in [0.2, 0.25) is 0 Å². The number of primary amides is 4. The monoisotopic (exact) mass is 400 g/mol. The van der Waals surface area contributed by atoms with Crippen molar-refractivity contribution in [1.82, 2.24) is 9.80 Å². The molecule has 0 atom stereocenters. The summed E-state index contributed by atoms with van der Waals surface area (Å²) >= 11 is 0. The summed E-state index contributed by atoms with van der Waals surface area (Å²) in [4.78, 5) is 47.9. The van der Waals surface area contributed by atoms with Gasteiger partial charge in [0.2, 0.25) is 23.6 Å². The van der Waals surface area contributed by atoms with Crippen molar-refractivity contribution in [2.24, 2.45) is 22.9 Å². The minimum atomic E-state index is -0.365. The highest BCUT2D eigenvalue weighted by Gasteiger charge is 2.10. The quantitative estimate of drug-likeness (QED) is 0.195.